The maximum absolute atomic E-state index is 10.7. The second-order valence-electron chi connectivity index (χ2n) is 4.03. The monoisotopic (exact) mass is 182 g/mol. The van der Waals surface area contributed by atoms with Gasteiger partial charge in [-0.2, -0.15) is 0 Å². The van der Waals surface area contributed by atoms with Crippen LogP contribution in [0.1, 0.15) is 34.6 Å². The van der Waals surface area contributed by atoms with Gasteiger partial charge in [-0.3, -0.25) is 4.79 Å². The average molecular weight is 182 g/mol. The molecule has 0 spiro atoms. The second-order valence-corrected chi connectivity index (χ2v) is 4.03. The van der Waals surface area contributed by atoms with Crippen molar-refractivity contribution in [1.29, 1.82) is 0 Å². The third kappa shape index (κ3) is 4.66. The molecule has 0 aromatic carbocycles. The summed E-state index contributed by atoms with van der Waals surface area (Å²) < 4.78 is 0. The third-order valence-electron chi connectivity index (χ3n) is 1.67. The number of hydrogen-bond donors (Lipinski definition) is 1. The smallest absolute Gasteiger partial charge is 0.160 e. The first-order valence-corrected chi connectivity index (χ1v) is 4.45. The van der Waals surface area contributed by atoms with E-state index in [9.17, 15) is 9.90 Å². The van der Waals surface area contributed by atoms with Crippen LogP contribution in [0.25, 0.3) is 0 Å². The van der Waals surface area contributed by atoms with Crippen molar-refractivity contribution in [1.82, 2.24) is 0 Å². The van der Waals surface area contributed by atoms with E-state index in [0.717, 1.165) is 5.57 Å². The van der Waals surface area contributed by atoms with Gasteiger partial charge in [-0.05, 0) is 26.7 Å². The van der Waals surface area contributed by atoms with Crippen LogP contribution in [0.4, 0.5) is 0 Å². The molecule has 1 N–H and O–H groups in total. The molecule has 0 heterocycles. The van der Waals surface area contributed by atoms with Crippen LogP contribution in [0.15, 0.2) is 17.4 Å². The predicted octanol–water partition coefficient (Wildman–Crippen LogP) is 2.08. The summed E-state index contributed by atoms with van der Waals surface area (Å²) in [6.07, 6.45) is 1.37. The highest BCUT2D eigenvalue weighted by molar-refractivity contribution is 5.87. The average Bonchev–Trinajstić information content (AvgIpc) is 1.81. The molecule has 0 aromatic heterocycles. The van der Waals surface area contributed by atoms with Crippen LogP contribution < -0.4 is 0 Å². The fourth-order valence-electron chi connectivity index (χ4n) is 1.23. The molecule has 2 nitrogen and oxygen atoms in total. The Morgan fingerprint density at radius 2 is 1.92 bits per heavy atom. The van der Waals surface area contributed by atoms with Crippen molar-refractivity contribution in [2.24, 2.45) is 5.92 Å². The van der Waals surface area contributed by atoms with Crippen LogP contribution >= 0.6 is 0 Å². The number of aliphatic hydroxyl groups is 1. The molecule has 0 saturated heterocycles. The minimum atomic E-state index is -0.903. The lowest BCUT2D eigenvalue weighted by Crippen LogP contribution is -2.24. The van der Waals surface area contributed by atoms with Gasteiger partial charge in [-0.25, -0.2) is 0 Å². The molecule has 0 rings (SSSR count). The van der Waals surface area contributed by atoms with Crippen molar-refractivity contribution in [2.75, 3.05) is 0 Å². The molecule has 0 aromatic rings. The first kappa shape index (κ1) is 12.2. The number of ketones is 1. The molecule has 0 saturated carbocycles. The molecule has 0 aliphatic heterocycles. The summed E-state index contributed by atoms with van der Waals surface area (Å²) in [5, 5.41) is 9.73. The van der Waals surface area contributed by atoms with Crippen LogP contribution in [0.5, 0.6) is 0 Å². The van der Waals surface area contributed by atoms with E-state index in [2.05, 4.69) is 5.73 Å². The van der Waals surface area contributed by atoms with Crippen LogP contribution in [0, 0.1) is 5.92 Å². The zero-order valence-electron chi connectivity index (χ0n) is 9.01. The summed E-state index contributed by atoms with van der Waals surface area (Å²) in [7, 11) is 0. The van der Waals surface area contributed by atoms with Gasteiger partial charge < -0.3 is 5.11 Å². The van der Waals surface area contributed by atoms with Gasteiger partial charge in [0.15, 0.2) is 5.78 Å². The number of rotatable bonds is 3. The number of carbonyl (C=O) groups excluding carboxylic acids is 1. The Labute approximate surface area is 80.0 Å². The second kappa shape index (κ2) is 4.40. The van der Waals surface area contributed by atoms with Gasteiger partial charge in [-0.15, -0.1) is 5.73 Å². The molecule has 13 heavy (non-hydrogen) atoms. The van der Waals surface area contributed by atoms with E-state index in [1.54, 1.807) is 13.8 Å². The van der Waals surface area contributed by atoms with Crippen LogP contribution in [-0.2, 0) is 4.79 Å². The highest BCUT2D eigenvalue weighted by Gasteiger charge is 2.21. The molecule has 0 aliphatic carbocycles. The first-order valence-electron chi connectivity index (χ1n) is 4.45. The number of carbonyl (C=O) groups is 1. The molecular weight excluding hydrogens is 164 g/mol. The van der Waals surface area contributed by atoms with E-state index in [4.69, 9.17) is 0 Å². The van der Waals surface area contributed by atoms with Crippen LogP contribution in [-0.4, -0.2) is 16.5 Å². The van der Waals surface area contributed by atoms with E-state index in [1.165, 1.54) is 13.0 Å². The summed E-state index contributed by atoms with van der Waals surface area (Å²) in [6, 6.07) is 0. The van der Waals surface area contributed by atoms with Gasteiger partial charge >= 0.3 is 0 Å². The van der Waals surface area contributed by atoms with Crippen LogP contribution in [0.2, 0.25) is 0 Å². The molecular formula is C11H18O2. The van der Waals surface area contributed by atoms with E-state index >= 15 is 0 Å². The Hall–Kier alpha value is -0.850. The molecule has 2 heteroatoms. The SMILES string of the molecule is CC(=O)C=C=C(C(C)C)C(C)(C)O. The third-order valence-corrected chi connectivity index (χ3v) is 1.67. The van der Waals surface area contributed by atoms with E-state index in [-0.39, 0.29) is 11.7 Å². The topological polar surface area (TPSA) is 37.3 Å². The highest BCUT2D eigenvalue weighted by Crippen LogP contribution is 2.21. The Morgan fingerprint density at radius 1 is 1.46 bits per heavy atom. The van der Waals surface area contributed by atoms with Crippen molar-refractivity contribution in [2.45, 2.75) is 40.2 Å². The van der Waals surface area contributed by atoms with Gasteiger partial charge in [0.2, 0.25) is 0 Å². The van der Waals surface area contributed by atoms with Crippen molar-refractivity contribution >= 4 is 5.78 Å². The lowest BCUT2D eigenvalue weighted by atomic mass is 9.89. The normalized spacial score (nSPS) is 11.0. The van der Waals surface area contributed by atoms with Gasteiger partial charge in [0.1, 0.15) is 0 Å². The molecule has 74 valence electrons. The summed E-state index contributed by atoms with van der Waals surface area (Å²) in [6.45, 7) is 8.80. The Kier molecular flexibility index (Phi) is 4.12. The Morgan fingerprint density at radius 3 is 2.15 bits per heavy atom. The number of hydrogen-bond acceptors (Lipinski definition) is 2. The molecule has 0 aliphatic rings. The minimum absolute atomic E-state index is 0.0533. The summed E-state index contributed by atoms with van der Waals surface area (Å²) in [5.74, 6) is 0.137. The molecule has 0 bridgehead atoms. The molecule has 0 unspecified atom stereocenters. The summed E-state index contributed by atoms with van der Waals surface area (Å²) in [4.78, 5) is 10.7. The zero-order chi connectivity index (χ0) is 10.6. The van der Waals surface area contributed by atoms with Gasteiger partial charge in [0.25, 0.3) is 0 Å². The Bertz CT molecular complexity index is 248. The molecule has 0 fully saturated rings. The van der Waals surface area contributed by atoms with Gasteiger partial charge in [0, 0.05) is 11.6 Å². The standard InChI is InChI=1S/C11H18O2/c1-8(2)10(11(4,5)13)7-6-9(3)12/h6,8,13H,1-5H3. The maximum atomic E-state index is 10.7. The van der Waals surface area contributed by atoms with E-state index in [0.29, 0.717) is 0 Å². The lowest BCUT2D eigenvalue weighted by Gasteiger charge is -2.22. The van der Waals surface area contributed by atoms with Crippen molar-refractivity contribution in [3.8, 4) is 0 Å². The first-order chi connectivity index (χ1) is 5.75. The molecule has 0 atom stereocenters. The lowest BCUT2D eigenvalue weighted by molar-refractivity contribution is -0.112. The fraction of sp³-hybridized carbons (Fsp3) is 0.636. The van der Waals surface area contributed by atoms with E-state index in [1.807, 2.05) is 13.8 Å². The Balaban J connectivity index is 5.05. The van der Waals surface area contributed by atoms with Crippen molar-refractivity contribution < 1.29 is 9.90 Å². The fourth-order valence-corrected chi connectivity index (χ4v) is 1.23. The highest BCUT2D eigenvalue weighted by atomic mass is 16.3. The molecule has 0 amide bonds. The van der Waals surface area contributed by atoms with Crippen molar-refractivity contribution in [3.05, 3.63) is 17.4 Å². The maximum Gasteiger partial charge on any atom is 0.160 e. The van der Waals surface area contributed by atoms with Gasteiger partial charge in [0.05, 0.1) is 5.60 Å². The molecule has 0 radical (unpaired) electrons. The minimum Gasteiger partial charge on any atom is -0.385 e. The van der Waals surface area contributed by atoms with Crippen molar-refractivity contribution in [3.63, 3.8) is 0 Å². The predicted molar refractivity (Wildman–Crippen MR) is 53.4 cm³/mol. The summed E-state index contributed by atoms with van der Waals surface area (Å²) >= 11 is 0. The summed E-state index contributed by atoms with van der Waals surface area (Å²) in [5.41, 5.74) is 2.70. The zero-order valence-corrected chi connectivity index (χ0v) is 9.01. The quantitative estimate of drug-likeness (QED) is 0.536. The van der Waals surface area contributed by atoms with E-state index < -0.39 is 5.60 Å². The largest absolute Gasteiger partial charge is 0.385 e. The van der Waals surface area contributed by atoms with Gasteiger partial charge in [-0.1, -0.05) is 13.8 Å². The van der Waals surface area contributed by atoms with Crippen LogP contribution in [0.3, 0.4) is 0 Å².